The molecule has 4 rings (SSSR count). The molecule has 0 bridgehead atoms. The van der Waals surface area contributed by atoms with E-state index < -0.39 is 0 Å². The quantitative estimate of drug-likeness (QED) is 0.691. The van der Waals surface area contributed by atoms with E-state index in [1.807, 2.05) is 24.3 Å². The Morgan fingerprint density at radius 3 is 2.63 bits per heavy atom. The molecule has 1 fully saturated rings. The molecule has 1 amide bonds. The first-order valence-corrected chi connectivity index (χ1v) is 8.62. The van der Waals surface area contributed by atoms with Crippen LogP contribution in [-0.4, -0.2) is 34.6 Å². The molecule has 1 atom stereocenters. The molecule has 1 aliphatic heterocycles. The Hall–Kier alpha value is -3.22. The number of aromatic nitrogens is 2. The predicted octanol–water partition coefficient (Wildman–Crippen LogP) is 3.40. The van der Waals surface area contributed by atoms with Crippen molar-refractivity contribution in [2.45, 2.75) is 18.9 Å². The zero-order chi connectivity index (χ0) is 18.8. The fourth-order valence-electron chi connectivity index (χ4n) is 3.16. The third-order valence-corrected chi connectivity index (χ3v) is 4.65. The molecule has 1 unspecified atom stereocenters. The second-order valence-electron chi connectivity index (χ2n) is 6.49. The fraction of sp³-hybridized carbons (Fsp3) is 0.250. The Kier molecular flexibility index (Phi) is 4.58. The van der Waals surface area contributed by atoms with Gasteiger partial charge in [-0.3, -0.25) is 4.79 Å². The molecule has 6 nitrogen and oxygen atoms in total. The van der Waals surface area contributed by atoms with Crippen molar-refractivity contribution < 1.29 is 18.4 Å². The number of halogens is 1. The highest BCUT2D eigenvalue weighted by atomic mass is 19.1. The van der Waals surface area contributed by atoms with Gasteiger partial charge >= 0.3 is 0 Å². The van der Waals surface area contributed by atoms with Crippen LogP contribution < -0.4 is 4.74 Å². The lowest BCUT2D eigenvalue weighted by molar-refractivity contribution is -0.128. The number of hydrogen-bond acceptors (Lipinski definition) is 5. The van der Waals surface area contributed by atoms with E-state index in [1.54, 1.807) is 24.1 Å². The van der Waals surface area contributed by atoms with Crippen LogP contribution in [0.25, 0.3) is 11.5 Å². The summed E-state index contributed by atoms with van der Waals surface area (Å²) >= 11 is 0. The van der Waals surface area contributed by atoms with Gasteiger partial charge in [-0.25, -0.2) is 4.39 Å². The summed E-state index contributed by atoms with van der Waals surface area (Å²) in [6, 6.07) is 13.5. The number of ether oxygens (including phenoxy) is 1. The molecule has 3 aromatic rings. The average molecular weight is 367 g/mol. The summed E-state index contributed by atoms with van der Waals surface area (Å²) in [7, 11) is 1.61. The first-order chi connectivity index (χ1) is 13.1. The molecule has 0 radical (unpaired) electrons. The molecule has 1 aromatic heterocycles. The minimum Gasteiger partial charge on any atom is -0.497 e. The van der Waals surface area contributed by atoms with Gasteiger partial charge in [-0.2, -0.15) is 4.98 Å². The maximum absolute atomic E-state index is 13.0. The van der Waals surface area contributed by atoms with E-state index in [4.69, 9.17) is 9.26 Å². The van der Waals surface area contributed by atoms with Crippen molar-refractivity contribution >= 4 is 5.91 Å². The van der Waals surface area contributed by atoms with Crippen LogP contribution in [0, 0.1) is 5.82 Å². The van der Waals surface area contributed by atoms with Crippen molar-refractivity contribution in [2.75, 3.05) is 13.7 Å². The smallest absolute Gasteiger partial charge is 0.257 e. The second kappa shape index (κ2) is 7.19. The number of likely N-dealkylation sites (tertiary alicyclic amines) is 1. The number of rotatable bonds is 5. The van der Waals surface area contributed by atoms with Crippen LogP contribution in [0.4, 0.5) is 4.39 Å². The van der Waals surface area contributed by atoms with Crippen molar-refractivity contribution in [3.63, 3.8) is 0 Å². The molecule has 2 heterocycles. The van der Waals surface area contributed by atoms with Crippen molar-refractivity contribution in [1.29, 1.82) is 0 Å². The molecular formula is C20H18FN3O3. The van der Waals surface area contributed by atoms with Gasteiger partial charge in [0.15, 0.2) is 5.82 Å². The Morgan fingerprint density at radius 1 is 1.19 bits per heavy atom. The predicted molar refractivity (Wildman–Crippen MR) is 95.5 cm³/mol. The van der Waals surface area contributed by atoms with Crippen LogP contribution in [0.5, 0.6) is 5.75 Å². The summed E-state index contributed by atoms with van der Waals surface area (Å²) in [5.74, 6) is 1.31. The van der Waals surface area contributed by atoms with Gasteiger partial charge in [-0.1, -0.05) is 17.3 Å². The Bertz CT molecular complexity index is 938. The number of methoxy groups -OCH3 is 1. The van der Waals surface area contributed by atoms with Crippen LogP contribution in [0.1, 0.15) is 23.7 Å². The molecule has 27 heavy (non-hydrogen) atoms. The molecule has 0 aliphatic carbocycles. The van der Waals surface area contributed by atoms with Gasteiger partial charge in [0.05, 0.1) is 7.11 Å². The molecule has 2 aromatic carbocycles. The summed E-state index contributed by atoms with van der Waals surface area (Å²) in [5.41, 5.74) is 1.68. The van der Waals surface area contributed by atoms with Gasteiger partial charge in [-0.15, -0.1) is 0 Å². The number of benzene rings is 2. The molecular weight excluding hydrogens is 349 g/mol. The van der Waals surface area contributed by atoms with E-state index in [9.17, 15) is 9.18 Å². The SMILES string of the molecule is COc1ccc(-c2nc(C3CC(=O)N(Cc4ccc(F)cc4)C3)no2)cc1. The molecule has 1 saturated heterocycles. The van der Waals surface area contributed by atoms with Crippen LogP contribution in [-0.2, 0) is 11.3 Å². The van der Waals surface area contributed by atoms with Gasteiger partial charge < -0.3 is 14.2 Å². The normalized spacial score (nSPS) is 16.7. The van der Waals surface area contributed by atoms with E-state index in [1.165, 1.54) is 12.1 Å². The average Bonchev–Trinajstić information content (AvgIpc) is 3.31. The first kappa shape index (κ1) is 17.2. The number of amides is 1. The van der Waals surface area contributed by atoms with Crippen LogP contribution in [0.2, 0.25) is 0 Å². The highest BCUT2D eigenvalue weighted by Gasteiger charge is 2.33. The largest absolute Gasteiger partial charge is 0.497 e. The van der Waals surface area contributed by atoms with Crippen LogP contribution >= 0.6 is 0 Å². The highest BCUT2D eigenvalue weighted by Crippen LogP contribution is 2.29. The molecule has 0 saturated carbocycles. The maximum atomic E-state index is 13.0. The number of hydrogen-bond donors (Lipinski definition) is 0. The summed E-state index contributed by atoms with van der Waals surface area (Å²) in [6.45, 7) is 0.955. The molecule has 7 heteroatoms. The summed E-state index contributed by atoms with van der Waals surface area (Å²) in [5, 5.41) is 4.06. The third-order valence-electron chi connectivity index (χ3n) is 4.65. The highest BCUT2D eigenvalue weighted by molar-refractivity contribution is 5.79. The van der Waals surface area contributed by atoms with E-state index in [-0.39, 0.29) is 17.6 Å². The van der Waals surface area contributed by atoms with Crippen molar-refractivity contribution in [2.24, 2.45) is 0 Å². The third kappa shape index (κ3) is 3.67. The lowest BCUT2D eigenvalue weighted by Gasteiger charge is -2.16. The van der Waals surface area contributed by atoms with Crippen molar-refractivity contribution in [1.82, 2.24) is 15.0 Å². The maximum Gasteiger partial charge on any atom is 0.257 e. The lowest BCUT2D eigenvalue weighted by atomic mass is 10.1. The number of carbonyl (C=O) groups excluding carboxylic acids is 1. The monoisotopic (exact) mass is 367 g/mol. The molecule has 1 aliphatic rings. The van der Waals surface area contributed by atoms with E-state index in [2.05, 4.69) is 10.1 Å². The fourth-order valence-corrected chi connectivity index (χ4v) is 3.16. The van der Waals surface area contributed by atoms with Crippen molar-refractivity contribution in [3.05, 3.63) is 65.7 Å². The summed E-state index contributed by atoms with van der Waals surface area (Å²) in [6.07, 6.45) is 0.336. The topological polar surface area (TPSA) is 68.5 Å². The van der Waals surface area contributed by atoms with Gasteiger partial charge in [0, 0.05) is 31.0 Å². The summed E-state index contributed by atoms with van der Waals surface area (Å²) in [4.78, 5) is 18.5. The van der Waals surface area contributed by atoms with Crippen LogP contribution in [0.15, 0.2) is 53.1 Å². The number of carbonyl (C=O) groups is 1. The second-order valence-corrected chi connectivity index (χ2v) is 6.49. The first-order valence-electron chi connectivity index (χ1n) is 8.62. The minimum atomic E-state index is -0.290. The molecule has 0 spiro atoms. The Balaban J connectivity index is 1.45. The van der Waals surface area contributed by atoms with Crippen molar-refractivity contribution in [3.8, 4) is 17.2 Å². The Morgan fingerprint density at radius 2 is 1.93 bits per heavy atom. The van der Waals surface area contributed by atoms with Gasteiger partial charge in [0.2, 0.25) is 5.91 Å². The van der Waals surface area contributed by atoms with Gasteiger partial charge in [0.25, 0.3) is 5.89 Å². The lowest BCUT2D eigenvalue weighted by Crippen LogP contribution is -2.24. The molecule has 0 N–H and O–H groups in total. The van der Waals surface area contributed by atoms with E-state index in [0.29, 0.717) is 31.2 Å². The standard InChI is InChI=1S/C20H18FN3O3/c1-26-17-8-4-14(5-9-17)20-22-19(23-27-20)15-10-18(25)24(12-15)11-13-2-6-16(21)7-3-13/h2-9,15H,10-12H2,1H3. The van der Waals surface area contributed by atoms with E-state index >= 15 is 0 Å². The minimum absolute atomic E-state index is 0.0279. The van der Waals surface area contributed by atoms with Gasteiger partial charge in [0.1, 0.15) is 11.6 Å². The number of nitrogens with zero attached hydrogens (tertiary/aromatic N) is 3. The van der Waals surface area contributed by atoms with Crippen LogP contribution in [0.3, 0.4) is 0 Å². The zero-order valence-corrected chi connectivity index (χ0v) is 14.8. The molecule has 138 valence electrons. The van der Waals surface area contributed by atoms with E-state index in [0.717, 1.165) is 16.9 Å². The zero-order valence-electron chi connectivity index (χ0n) is 14.8. The van der Waals surface area contributed by atoms with Gasteiger partial charge in [-0.05, 0) is 42.0 Å². The summed E-state index contributed by atoms with van der Waals surface area (Å²) < 4.78 is 23.5. The Labute approximate surface area is 155 Å².